The molecule has 0 amide bonds. The van der Waals surface area contributed by atoms with Crippen molar-refractivity contribution < 1.29 is 14.6 Å². The fourth-order valence-corrected chi connectivity index (χ4v) is 2.31. The summed E-state index contributed by atoms with van der Waals surface area (Å²) in [6.07, 6.45) is 3.50. The fraction of sp³-hybridized carbons (Fsp3) is 0. The quantitative estimate of drug-likeness (QED) is 0.551. The van der Waals surface area contributed by atoms with Crippen LogP contribution in [0.15, 0.2) is 88.3 Å². The molecule has 4 rings (SSSR count). The largest absolute Gasteiger partial charge is 0.508 e. The maximum atomic E-state index is 12.0. The minimum absolute atomic E-state index is 0.0671. The lowest BCUT2D eigenvalue weighted by atomic mass is 10.1. The Labute approximate surface area is 143 Å². The Hall–Kier alpha value is -3.60. The van der Waals surface area contributed by atoms with Crippen LogP contribution >= 0.6 is 0 Å². The van der Waals surface area contributed by atoms with E-state index in [0.29, 0.717) is 5.76 Å². The van der Waals surface area contributed by atoms with Crippen LogP contribution in [-0.4, -0.2) is 15.2 Å². The molecule has 2 heterocycles. The third kappa shape index (κ3) is 3.84. The molecule has 0 aliphatic heterocycles. The molecule has 5 heteroatoms. The molecule has 124 valence electrons. The van der Waals surface area contributed by atoms with Crippen LogP contribution < -0.4 is 5.43 Å². The van der Waals surface area contributed by atoms with Gasteiger partial charge in [-0.05, 0) is 12.1 Å². The van der Waals surface area contributed by atoms with Gasteiger partial charge in [0.1, 0.15) is 28.2 Å². The van der Waals surface area contributed by atoms with E-state index in [0.717, 1.165) is 11.6 Å². The summed E-state index contributed by atoms with van der Waals surface area (Å²) in [5, 5.41) is 19.2. The highest BCUT2D eigenvalue weighted by atomic mass is 16.3. The molecule has 0 saturated carbocycles. The second-order valence-electron chi connectivity index (χ2n) is 5.20. The lowest BCUT2D eigenvalue weighted by molar-refractivity contribution is 0.452. The molecule has 2 aromatic carbocycles. The lowest BCUT2D eigenvalue weighted by Gasteiger charge is -2.04. The zero-order valence-electron chi connectivity index (χ0n) is 13.2. The number of hydrogen-bond donors (Lipinski definition) is 2. The summed E-state index contributed by atoms with van der Waals surface area (Å²) in [5.41, 5.74) is 0.561. The lowest BCUT2D eigenvalue weighted by Crippen LogP contribution is -2.00. The van der Waals surface area contributed by atoms with E-state index >= 15 is 0 Å². The summed E-state index contributed by atoms with van der Waals surface area (Å²) in [4.78, 5) is 15.8. The maximum absolute atomic E-state index is 12.0. The number of phenolic OH excluding ortho intramolecular Hbond substituents is 2. The third-order valence-electron chi connectivity index (χ3n) is 3.42. The van der Waals surface area contributed by atoms with E-state index in [-0.39, 0.29) is 27.9 Å². The number of benzene rings is 2. The normalized spacial score (nSPS) is 10.1. The van der Waals surface area contributed by atoms with Gasteiger partial charge in [0.05, 0.1) is 0 Å². The van der Waals surface area contributed by atoms with Crippen molar-refractivity contribution in [1.82, 2.24) is 4.98 Å². The number of phenols is 2. The van der Waals surface area contributed by atoms with Gasteiger partial charge in [-0.3, -0.25) is 9.78 Å². The van der Waals surface area contributed by atoms with Crippen LogP contribution in [0.1, 0.15) is 0 Å². The molecule has 25 heavy (non-hydrogen) atoms. The standard InChI is InChI=1S/C15H10O4.C5H5N/c16-10-6-11(17)15-12(18)8-13(19-14(15)7-10)9-4-2-1-3-5-9;1-2-4-6-5-3-1/h1-8,16-17H;1-5H. The topological polar surface area (TPSA) is 83.6 Å². The van der Waals surface area contributed by atoms with Crippen molar-refractivity contribution in [3.63, 3.8) is 0 Å². The van der Waals surface area contributed by atoms with Crippen molar-refractivity contribution in [3.8, 4) is 22.8 Å². The van der Waals surface area contributed by atoms with Gasteiger partial charge in [-0.15, -0.1) is 0 Å². The van der Waals surface area contributed by atoms with Crippen molar-refractivity contribution in [2.45, 2.75) is 0 Å². The number of hydrogen-bond acceptors (Lipinski definition) is 5. The molecule has 0 saturated heterocycles. The van der Waals surface area contributed by atoms with E-state index in [4.69, 9.17) is 4.42 Å². The fourth-order valence-electron chi connectivity index (χ4n) is 2.31. The Kier molecular flexibility index (Phi) is 4.76. The van der Waals surface area contributed by atoms with Gasteiger partial charge in [-0.1, -0.05) is 36.4 Å². The predicted molar refractivity (Wildman–Crippen MR) is 95.5 cm³/mol. The number of aromatic hydroxyl groups is 2. The number of pyridine rings is 1. The highest BCUT2D eigenvalue weighted by Crippen LogP contribution is 2.30. The van der Waals surface area contributed by atoms with E-state index < -0.39 is 0 Å². The highest BCUT2D eigenvalue weighted by Gasteiger charge is 2.11. The third-order valence-corrected chi connectivity index (χ3v) is 3.42. The molecule has 0 aliphatic carbocycles. The van der Waals surface area contributed by atoms with E-state index in [1.807, 2.05) is 48.5 Å². The van der Waals surface area contributed by atoms with E-state index in [2.05, 4.69) is 4.98 Å². The van der Waals surface area contributed by atoms with Crippen molar-refractivity contribution >= 4 is 11.0 Å². The predicted octanol–water partition coefficient (Wildman–Crippen LogP) is 3.95. The molecular weight excluding hydrogens is 318 g/mol. The SMILES string of the molecule is O=c1cc(-c2ccccc2)oc2cc(O)cc(O)c12.c1ccncc1. The van der Waals surface area contributed by atoms with Crippen LogP contribution in [0, 0.1) is 0 Å². The van der Waals surface area contributed by atoms with Crippen molar-refractivity contribution in [3.05, 3.63) is 89.3 Å². The molecule has 0 fully saturated rings. The van der Waals surface area contributed by atoms with Crippen LogP contribution in [0.5, 0.6) is 11.5 Å². The van der Waals surface area contributed by atoms with Crippen LogP contribution in [0.25, 0.3) is 22.3 Å². The van der Waals surface area contributed by atoms with Gasteiger partial charge in [0, 0.05) is 36.2 Å². The number of rotatable bonds is 1. The molecule has 0 spiro atoms. The van der Waals surface area contributed by atoms with Crippen LogP contribution in [0.3, 0.4) is 0 Å². The second-order valence-corrected chi connectivity index (χ2v) is 5.20. The Morgan fingerprint density at radius 1 is 0.840 bits per heavy atom. The monoisotopic (exact) mass is 333 g/mol. The van der Waals surface area contributed by atoms with Gasteiger partial charge >= 0.3 is 0 Å². The Morgan fingerprint density at radius 3 is 2.12 bits per heavy atom. The van der Waals surface area contributed by atoms with Crippen molar-refractivity contribution in [2.24, 2.45) is 0 Å². The van der Waals surface area contributed by atoms with Crippen LogP contribution in [0.2, 0.25) is 0 Å². The summed E-state index contributed by atoms with van der Waals surface area (Å²) in [7, 11) is 0. The van der Waals surface area contributed by atoms with Gasteiger partial charge in [-0.2, -0.15) is 0 Å². The first-order valence-corrected chi connectivity index (χ1v) is 7.55. The van der Waals surface area contributed by atoms with E-state index in [1.165, 1.54) is 12.1 Å². The average molecular weight is 333 g/mol. The number of nitrogens with zero attached hydrogens (tertiary/aromatic N) is 1. The van der Waals surface area contributed by atoms with Crippen LogP contribution in [-0.2, 0) is 0 Å². The van der Waals surface area contributed by atoms with Crippen molar-refractivity contribution in [2.75, 3.05) is 0 Å². The summed E-state index contributed by atoms with van der Waals surface area (Å²) < 4.78 is 5.57. The second kappa shape index (κ2) is 7.31. The summed E-state index contributed by atoms with van der Waals surface area (Å²) in [6.45, 7) is 0. The molecule has 0 bridgehead atoms. The molecule has 5 nitrogen and oxygen atoms in total. The number of fused-ring (bicyclic) bond motifs is 1. The van der Waals surface area contributed by atoms with Gasteiger partial charge in [0.25, 0.3) is 0 Å². The minimum atomic E-state index is -0.349. The summed E-state index contributed by atoms with van der Waals surface area (Å²) >= 11 is 0. The Bertz CT molecular complexity index is 1000. The first kappa shape index (κ1) is 16.3. The first-order valence-electron chi connectivity index (χ1n) is 7.55. The van der Waals surface area contributed by atoms with E-state index in [9.17, 15) is 15.0 Å². The summed E-state index contributed by atoms with van der Waals surface area (Å²) in [5.74, 6) is -0.0511. The first-order chi connectivity index (χ1) is 12.1. The van der Waals surface area contributed by atoms with Gasteiger partial charge < -0.3 is 14.6 Å². The van der Waals surface area contributed by atoms with Gasteiger partial charge in [0.15, 0.2) is 5.43 Å². The molecular formula is C20H15NO4. The molecule has 2 N–H and O–H groups in total. The molecule has 2 aromatic heterocycles. The van der Waals surface area contributed by atoms with Gasteiger partial charge in [0.2, 0.25) is 0 Å². The molecule has 4 aromatic rings. The Morgan fingerprint density at radius 2 is 1.52 bits per heavy atom. The van der Waals surface area contributed by atoms with Crippen molar-refractivity contribution in [1.29, 1.82) is 0 Å². The zero-order chi connectivity index (χ0) is 17.6. The molecule has 0 aliphatic rings. The molecule has 0 atom stereocenters. The summed E-state index contributed by atoms with van der Waals surface area (Å²) in [6, 6.07) is 18.6. The molecule has 0 unspecified atom stereocenters. The smallest absolute Gasteiger partial charge is 0.197 e. The van der Waals surface area contributed by atoms with Crippen LogP contribution in [0.4, 0.5) is 0 Å². The van der Waals surface area contributed by atoms with E-state index in [1.54, 1.807) is 12.4 Å². The zero-order valence-corrected chi connectivity index (χ0v) is 13.2. The Balaban J connectivity index is 0.000000258. The molecule has 0 radical (unpaired) electrons. The average Bonchev–Trinajstić information content (AvgIpc) is 2.63. The minimum Gasteiger partial charge on any atom is -0.508 e. The maximum Gasteiger partial charge on any atom is 0.197 e. The number of aromatic nitrogens is 1. The van der Waals surface area contributed by atoms with Gasteiger partial charge in [-0.25, -0.2) is 0 Å². The highest BCUT2D eigenvalue weighted by molar-refractivity contribution is 5.85.